The minimum absolute atomic E-state index is 0.184. The molecule has 0 aliphatic carbocycles. The molecular formula is C21H21N3O. The maximum atomic E-state index is 12.4. The fourth-order valence-electron chi connectivity index (χ4n) is 2.60. The molecule has 1 amide bonds. The largest absolute Gasteiger partial charge is 0.355 e. The maximum absolute atomic E-state index is 12.4. The predicted molar refractivity (Wildman–Crippen MR) is 101 cm³/mol. The zero-order valence-electron chi connectivity index (χ0n) is 14.4. The summed E-state index contributed by atoms with van der Waals surface area (Å²) in [5.74, 6) is -0.184. The number of rotatable bonds is 5. The second kappa shape index (κ2) is 7.62. The number of pyridine rings is 1. The highest BCUT2D eigenvalue weighted by Gasteiger charge is 2.08. The lowest BCUT2D eigenvalue weighted by Gasteiger charge is -2.10. The van der Waals surface area contributed by atoms with E-state index in [1.165, 1.54) is 5.56 Å². The minimum atomic E-state index is -0.184. The molecule has 25 heavy (non-hydrogen) atoms. The van der Waals surface area contributed by atoms with E-state index in [0.717, 1.165) is 22.5 Å². The Balaban J connectivity index is 1.68. The molecule has 0 radical (unpaired) electrons. The third-order valence-corrected chi connectivity index (χ3v) is 4.00. The summed E-state index contributed by atoms with van der Waals surface area (Å²) in [6, 6.07) is 19.7. The molecule has 0 atom stereocenters. The molecule has 1 heterocycles. The zero-order chi connectivity index (χ0) is 17.6. The third-order valence-electron chi connectivity index (χ3n) is 4.00. The lowest BCUT2D eigenvalue weighted by atomic mass is 10.1. The molecule has 0 fully saturated rings. The number of benzene rings is 2. The monoisotopic (exact) mass is 331 g/mol. The van der Waals surface area contributed by atoms with Crippen molar-refractivity contribution in [2.75, 3.05) is 5.32 Å². The van der Waals surface area contributed by atoms with Crippen molar-refractivity contribution in [2.24, 2.45) is 0 Å². The van der Waals surface area contributed by atoms with E-state index in [1.54, 1.807) is 12.3 Å². The van der Waals surface area contributed by atoms with Gasteiger partial charge in [0, 0.05) is 24.1 Å². The number of nitrogens with one attached hydrogen (secondary N) is 2. The highest BCUT2D eigenvalue weighted by molar-refractivity contribution is 5.93. The lowest BCUT2D eigenvalue weighted by molar-refractivity contribution is 0.0946. The van der Waals surface area contributed by atoms with Crippen LogP contribution in [-0.4, -0.2) is 10.9 Å². The Kier molecular flexibility index (Phi) is 5.09. The maximum Gasteiger partial charge on any atom is 0.270 e. The summed E-state index contributed by atoms with van der Waals surface area (Å²) in [5, 5.41) is 6.23. The Bertz CT molecular complexity index is 890. The van der Waals surface area contributed by atoms with Crippen LogP contribution in [0.4, 0.5) is 11.4 Å². The van der Waals surface area contributed by atoms with Crippen LogP contribution in [0.3, 0.4) is 0 Å². The summed E-state index contributed by atoms with van der Waals surface area (Å²) in [7, 11) is 0. The second-order valence-electron chi connectivity index (χ2n) is 6.03. The van der Waals surface area contributed by atoms with Crippen molar-refractivity contribution in [3.05, 3.63) is 89.2 Å². The topological polar surface area (TPSA) is 54.0 Å². The van der Waals surface area contributed by atoms with Crippen LogP contribution in [0.2, 0.25) is 0 Å². The van der Waals surface area contributed by atoms with E-state index in [1.807, 2.05) is 62.4 Å². The van der Waals surface area contributed by atoms with E-state index in [2.05, 4.69) is 21.7 Å². The first-order chi connectivity index (χ1) is 12.1. The molecule has 0 aliphatic heterocycles. The first-order valence-corrected chi connectivity index (χ1v) is 8.24. The van der Waals surface area contributed by atoms with Crippen LogP contribution in [0.25, 0.3) is 0 Å². The number of anilines is 2. The fourth-order valence-corrected chi connectivity index (χ4v) is 2.60. The van der Waals surface area contributed by atoms with Gasteiger partial charge in [-0.1, -0.05) is 36.4 Å². The van der Waals surface area contributed by atoms with Crippen LogP contribution >= 0.6 is 0 Å². The van der Waals surface area contributed by atoms with Gasteiger partial charge in [-0.05, 0) is 54.8 Å². The number of hydrogen-bond donors (Lipinski definition) is 2. The first-order valence-electron chi connectivity index (χ1n) is 8.24. The normalized spacial score (nSPS) is 10.3. The van der Waals surface area contributed by atoms with E-state index in [4.69, 9.17) is 0 Å². The number of nitrogens with zero attached hydrogens (tertiary/aromatic N) is 1. The van der Waals surface area contributed by atoms with Crippen LogP contribution in [0.15, 0.2) is 66.9 Å². The van der Waals surface area contributed by atoms with Gasteiger partial charge >= 0.3 is 0 Å². The second-order valence-corrected chi connectivity index (χ2v) is 6.03. The Hall–Kier alpha value is -3.14. The lowest BCUT2D eigenvalue weighted by Crippen LogP contribution is -2.24. The summed E-state index contributed by atoms with van der Waals surface area (Å²) in [6.45, 7) is 4.57. The molecule has 2 N–H and O–H groups in total. The van der Waals surface area contributed by atoms with Gasteiger partial charge in [-0.15, -0.1) is 0 Å². The fraction of sp³-hybridized carbons (Fsp3) is 0.143. The smallest absolute Gasteiger partial charge is 0.270 e. The first kappa shape index (κ1) is 16.7. The molecule has 0 bridgehead atoms. The SMILES string of the molecule is Cc1cccc(Nc2ccnc(C(=O)NCc3ccccc3C)c2)c1. The highest BCUT2D eigenvalue weighted by Crippen LogP contribution is 2.18. The van der Waals surface area contributed by atoms with Gasteiger partial charge in [0.1, 0.15) is 5.69 Å². The van der Waals surface area contributed by atoms with E-state index in [-0.39, 0.29) is 5.91 Å². The van der Waals surface area contributed by atoms with Gasteiger partial charge in [0.2, 0.25) is 0 Å². The molecule has 4 heteroatoms. The van der Waals surface area contributed by atoms with E-state index >= 15 is 0 Å². The molecule has 0 spiro atoms. The van der Waals surface area contributed by atoms with Gasteiger partial charge < -0.3 is 10.6 Å². The summed E-state index contributed by atoms with van der Waals surface area (Å²) in [4.78, 5) is 16.6. The van der Waals surface area contributed by atoms with Crippen molar-refractivity contribution >= 4 is 17.3 Å². The van der Waals surface area contributed by atoms with Crippen molar-refractivity contribution in [1.82, 2.24) is 10.3 Å². The number of aromatic nitrogens is 1. The average molecular weight is 331 g/mol. The average Bonchev–Trinajstić information content (AvgIpc) is 2.61. The Morgan fingerprint density at radius 3 is 2.56 bits per heavy atom. The molecule has 4 nitrogen and oxygen atoms in total. The number of aryl methyl sites for hydroxylation is 2. The molecule has 0 saturated carbocycles. The van der Waals surface area contributed by atoms with Crippen LogP contribution in [0.5, 0.6) is 0 Å². The number of amides is 1. The van der Waals surface area contributed by atoms with Gasteiger partial charge in [-0.25, -0.2) is 0 Å². The number of carbonyl (C=O) groups is 1. The third kappa shape index (κ3) is 4.44. The molecule has 1 aromatic heterocycles. The number of carbonyl (C=O) groups excluding carboxylic acids is 1. The molecule has 0 unspecified atom stereocenters. The van der Waals surface area contributed by atoms with E-state index in [0.29, 0.717) is 12.2 Å². The van der Waals surface area contributed by atoms with Gasteiger partial charge in [0.05, 0.1) is 0 Å². The number of hydrogen-bond acceptors (Lipinski definition) is 3. The molecular weight excluding hydrogens is 310 g/mol. The molecule has 126 valence electrons. The van der Waals surface area contributed by atoms with Gasteiger partial charge in [0.25, 0.3) is 5.91 Å². The van der Waals surface area contributed by atoms with Crippen molar-refractivity contribution in [2.45, 2.75) is 20.4 Å². The van der Waals surface area contributed by atoms with Crippen LogP contribution < -0.4 is 10.6 Å². The molecule has 3 rings (SSSR count). The Morgan fingerprint density at radius 2 is 1.76 bits per heavy atom. The summed E-state index contributed by atoms with van der Waals surface area (Å²) in [5.41, 5.74) is 5.65. The predicted octanol–water partition coefficient (Wildman–Crippen LogP) is 4.37. The summed E-state index contributed by atoms with van der Waals surface area (Å²) >= 11 is 0. The zero-order valence-corrected chi connectivity index (χ0v) is 14.4. The highest BCUT2D eigenvalue weighted by atomic mass is 16.1. The van der Waals surface area contributed by atoms with Gasteiger partial charge in [-0.2, -0.15) is 0 Å². The van der Waals surface area contributed by atoms with Gasteiger partial charge in [-0.3, -0.25) is 9.78 Å². The van der Waals surface area contributed by atoms with Crippen LogP contribution in [-0.2, 0) is 6.54 Å². The van der Waals surface area contributed by atoms with Crippen LogP contribution in [0, 0.1) is 13.8 Å². The molecule has 0 saturated heterocycles. The van der Waals surface area contributed by atoms with Crippen molar-refractivity contribution in [1.29, 1.82) is 0 Å². The Morgan fingerprint density at radius 1 is 0.960 bits per heavy atom. The minimum Gasteiger partial charge on any atom is -0.355 e. The van der Waals surface area contributed by atoms with Crippen molar-refractivity contribution in [3.63, 3.8) is 0 Å². The van der Waals surface area contributed by atoms with E-state index in [9.17, 15) is 4.79 Å². The standard InChI is InChI=1S/C21H21N3O/c1-15-6-5-9-18(12-15)24-19-10-11-22-20(13-19)21(25)23-14-17-8-4-3-7-16(17)2/h3-13H,14H2,1-2H3,(H,22,24)(H,23,25). The summed E-state index contributed by atoms with van der Waals surface area (Å²) in [6.07, 6.45) is 1.64. The van der Waals surface area contributed by atoms with Crippen molar-refractivity contribution < 1.29 is 4.79 Å². The van der Waals surface area contributed by atoms with Crippen LogP contribution in [0.1, 0.15) is 27.2 Å². The quantitative estimate of drug-likeness (QED) is 0.730. The van der Waals surface area contributed by atoms with Gasteiger partial charge in [0.15, 0.2) is 0 Å². The Labute approximate surface area is 147 Å². The van der Waals surface area contributed by atoms with E-state index < -0.39 is 0 Å². The molecule has 3 aromatic rings. The van der Waals surface area contributed by atoms with Crippen molar-refractivity contribution in [3.8, 4) is 0 Å². The molecule has 0 aliphatic rings. The molecule has 2 aromatic carbocycles. The summed E-state index contributed by atoms with van der Waals surface area (Å²) < 4.78 is 0.